The first-order valence-corrected chi connectivity index (χ1v) is 5.57. The van der Waals surface area contributed by atoms with Gasteiger partial charge in [0.25, 0.3) is 0 Å². The molecule has 2 fully saturated rings. The molecule has 1 heteroatoms. The van der Waals surface area contributed by atoms with Crippen LogP contribution < -0.4 is 0 Å². The SMILES string of the molecule is OC1(C2CC2c2ccccc2)CCC1. The van der Waals surface area contributed by atoms with Gasteiger partial charge in [-0.2, -0.15) is 0 Å². The molecule has 0 amide bonds. The summed E-state index contributed by atoms with van der Waals surface area (Å²) in [5.41, 5.74) is 1.12. The molecule has 0 aromatic heterocycles. The highest BCUT2D eigenvalue weighted by Crippen LogP contribution is 2.59. The molecule has 74 valence electrons. The molecule has 0 aliphatic heterocycles. The molecular formula is C13H16O. The zero-order valence-electron chi connectivity index (χ0n) is 8.32. The van der Waals surface area contributed by atoms with Gasteiger partial charge in [-0.15, -0.1) is 0 Å². The molecule has 1 aromatic carbocycles. The molecule has 1 N–H and O–H groups in total. The normalized spacial score (nSPS) is 33.5. The van der Waals surface area contributed by atoms with Gasteiger partial charge in [0.05, 0.1) is 5.60 Å². The average Bonchev–Trinajstić information content (AvgIpc) is 2.95. The van der Waals surface area contributed by atoms with E-state index in [1.807, 2.05) is 0 Å². The first-order chi connectivity index (χ1) is 6.80. The van der Waals surface area contributed by atoms with Gasteiger partial charge in [0.1, 0.15) is 0 Å². The van der Waals surface area contributed by atoms with E-state index < -0.39 is 0 Å². The molecule has 0 bridgehead atoms. The third kappa shape index (κ3) is 1.19. The quantitative estimate of drug-likeness (QED) is 0.756. The smallest absolute Gasteiger partial charge is 0.0681 e. The molecule has 2 saturated carbocycles. The van der Waals surface area contributed by atoms with Crippen molar-refractivity contribution in [3.05, 3.63) is 35.9 Å². The summed E-state index contributed by atoms with van der Waals surface area (Å²) in [6, 6.07) is 10.6. The van der Waals surface area contributed by atoms with Crippen molar-refractivity contribution in [1.82, 2.24) is 0 Å². The minimum atomic E-state index is -0.291. The minimum Gasteiger partial charge on any atom is -0.390 e. The molecule has 0 spiro atoms. The Morgan fingerprint density at radius 3 is 2.43 bits per heavy atom. The highest BCUT2D eigenvalue weighted by Gasteiger charge is 2.54. The number of hydrogen-bond acceptors (Lipinski definition) is 1. The Morgan fingerprint density at radius 1 is 1.14 bits per heavy atom. The summed E-state index contributed by atoms with van der Waals surface area (Å²) in [7, 11) is 0. The van der Waals surface area contributed by atoms with E-state index >= 15 is 0 Å². The van der Waals surface area contributed by atoms with Crippen molar-refractivity contribution in [2.24, 2.45) is 5.92 Å². The van der Waals surface area contributed by atoms with Crippen LogP contribution in [0.25, 0.3) is 0 Å². The molecule has 1 aromatic rings. The van der Waals surface area contributed by atoms with Crippen LogP contribution in [0.1, 0.15) is 37.2 Å². The Morgan fingerprint density at radius 2 is 1.86 bits per heavy atom. The Kier molecular flexibility index (Phi) is 1.72. The summed E-state index contributed by atoms with van der Waals surface area (Å²) in [5, 5.41) is 10.2. The molecule has 2 aliphatic rings. The van der Waals surface area contributed by atoms with Crippen LogP contribution in [0.3, 0.4) is 0 Å². The van der Waals surface area contributed by atoms with Gasteiger partial charge < -0.3 is 5.11 Å². The van der Waals surface area contributed by atoms with E-state index in [4.69, 9.17) is 0 Å². The Balaban J connectivity index is 1.74. The maximum Gasteiger partial charge on any atom is 0.0681 e. The standard InChI is InChI=1S/C13H16O/c14-13(7-4-8-13)12-9-11(12)10-5-2-1-3-6-10/h1-3,5-6,11-12,14H,4,7-9H2. The van der Waals surface area contributed by atoms with Crippen LogP contribution in [-0.4, -0.2) is 10.7 Å². The second-order valence-electron chi connectivity index (χ2n) is 4.82. The maximum atomic E-state index is 10.2. The Labute approximate surface area is 84.8 Å². The number of aliphatic hydroxyl groups is 1. The summed E-state index contributed by atoms with van der Waals surface area (Å²) in [6.07, 6.45) is 4.47. The monoisotopic (exact) mass is 188 g/mol. The lowest BCUT2D eigenvalue weighted by Crippen LogP contribution is -2.39. The second-order valence-corrected chi connectivity index (χ2v) is 4.82. The molecular weight excluding hydrogens is 172 g/mol. The fourth-order valence-corrected chi connectivity index (χ4v) is 2.77. The lowest BCUT2D eigenvalue weighted by atomic mass is 9.75. The van der Waals surface area contributed by atoms with Crippen molar-refractivity contribution < 1.29 is 5.11 Å². The highest BCUT2D eigenvalue weighted by molar-refractivity contribution is 5.28. The zero-order valence-corrected chi connectivity index (χ0v) is 8.32. The topological polar surface area (TPSA) is 20.2 Å². The predicted octanol–water partition coefficient (Wildman–Crippen LogP) is 2.71. The summed E-state index contributed by atoms with van der Waals surface area (Å²) in [5.74, 6) is 1.19. The van der Waals surface area contributed by atoms with Crippen molar-refractivity contribution in [3.63, 3.8) is 0 Å². The fourth-order valence-electron chi connectivity index (χ4n) is 2.77. The van der Waals surface area contributed by atoms with E-state index in [-0.39, 0.29) is 5.60 Å². The van der Waals surface area contributed by atoms with E-state index in [0.29, 0.717) is 11.8 Å². The first-order valence-electron chi connectivity index (χ1n) is 5.57. The van der Waals surface area contributed by atoms with Gasteiger partial charge in [-0.1, -0.05) is 30.3 Å². The van der Waals surface area contributed by atoms with Gasteiger partial charge in [0.2, 0.25) is 0 Å². The minimum absolute atomic E-state index is 0.291. The molecule has 0 radical (unpaired) electrons. The number of hydrogen-bond donors (Lipinski definition) is 1. The van der Waals surface area contributed by atoms with Gasteiger partial charge in [-0.25, -0.2) is 0 Å². The predicted molar refractivity (Wildman–Crippen MR) is 56.1 cm³/mol. The van der Waals surface area contributed by atoms with E-state index in [1.54, 1.807) is 0 Å². The van der Waals surface area contributed by atoms with E-state index in [2.05, 4.69) is 30.3 Å². The van der Waals surface area contributed by atoms with Crippen molar-refractivity contribution in [2.45, 2.75) is 37.2 Å². The molecule has 1 nitrogen and oxygen atoms in total. The van der Waals surface area contributed by atoms with Gasteiger partial charge in [-0.3, -0.25) is 0 Å². The molecule has 14 heavy (non-hydrogen) atoms. The van der Waals surface area contributed by atoms with Crippen LogP contribution in [0.2, 0.25) is 0 Å². The van der Waals surface area contributed by atoms with Crippen molar-refractivity contribution in [3.8, 4) is 0 Å². The van der Waals surface area contributed by atoms with Crippen molar-refractivity contribution >= 4 is 0 Å². The van der Waals surface area contributed by atoms with Crippen LogP contribution in [0.15, 0.2) is 30.3 Å². The summed E-state index contributed by atoms with van der Waals surface area (Å²) < 4.78 is 0. The lowest BCUT2D eigenvalue weighted by Gasteiger charge is -2.37. The van der Waals surface area contributed by atoms with Gasteiger partial charge in [0.15, 0.2) is 0 Å². The number of benzene rings is 1. The van der Waals surface area contributed by atoms with Crippen molar-refractivity contribution in [1.29, 1.82) is 0 Å². The molecule has 0 saturated heterocycles. The molecule has 2 aliphatic carbocycles. The molecule has 0 heterocycles. The Hall–Kier alpha value is -0.820. The summed E-state index contributed by atoms with van der Waals surface area (Å²) >= 11 is 0. The maximum absolute atomic E-state index is 10.2. The van der Waals surface area contributed by atoms with Crippen LogP contribution in [-0.2, 0) is 0 Å². The van der Waals surface area contributed by atoms with Crippen molar-refractivity contribution in [2.75, 3.05) is 0 Å². The van der Waals surface area contributed by atoms with Gasteiger partial charge >= 0.3 is 0 Å². The van der Waals surface area contributed by atoms with E-state index in [9.17, 15) is 5.11 Å². The molecule has 3 rings (SSSR count). The molecule has 2 atom stereocenters. The van der Waals surface area contributed by atoms with Gasteiger partial charge in [0, 0.05) is 0 Å². The van der Waals surface area contributed by atoms with Crippen LogP contribution in [0.4, 0.5) is 0 Å². The number of rotatable bonds is 2. The summed E-state index contributed by atoms with van der Waals surface area (Å²) in [4.78, 5) is 0. The average molecular weight is 188 g/mol. The molecule has 2 unspecified atom stereocenters. The first kappa shape index (κ1) is 8.49. The Bertz CT molecular complexity index is 326. The largest absolute Gasteiger partial charge is 0.390 e. The van der Waals surface area contributed by atoms with Crippen LogP contribution in [0, 0.1) is 5.92 Å². The van der Waals surface area contributed by atoms with Crippen LogP contribution in [0.5, 0.6) is 0 Å². The van der Waals surface area contributed by atoms with E-state index in [0.717, 1.165) is 12.8 Å². The summed E-state index contributed by atoms with van der Waals surface area (Å²) in [6.45, 7) is 0. The van der Waals surface area contributed by atoms with Gasteiger partial charge in [-0.05, 0) is 43.1 Å². The third-order valence-electron chi connectivity index (χ3n) is 3.93. The fraction of sp³-hybridized carbons (Fsp3) is 0.538. The lowest BCUT2D eigenvalue weighted by molar-refractivity contribution is -0.0545. The van der Waals surface area contributed by atoms with Crippen LogP contribution >= 0.6 is 0 Å². The third-order valence-corrected chi connectivity index (χ3v) is 3.93. The highest BCUT2D eigenvalue weighted by atomic mass is 16.3. The zero-order chi connectivity index (χ0) is 9.60. The second kappa shape index (κ2) is 2.83. The van der Waals surface area contributed by atoms with E-state index in [1.165, 1.54) is 18.4 Å².